The van der Waals surface area contributed by atoms with Crippen LogP contribution < -0.4 is 5.32 Å². The molecular weight excluding hydrogens is 296 g/mol. The monoisotopic (exact) mass is 322 g/mol. The van der Waals surface area contributed by atoms with Crippen molar-refractivity contribution in [1.82, 2.24) is 10.2 Å². The van der Waals surface area contributed by atoms with Gasteiger partial charge in [-0.2, -0.15) is 0 Å². The summed E-state index contributed by atoms with van der Waals surface area (Å²) < 4.78 is 0. The number of benzene rings is 1. The maximum absolute atomic E-state index is 12.8. The van der Waals surface area contributed by atoms with E-state index in [1.165, 1.54) is 24.0 Å². The Morgan fingerprint density at radius 3 is 2.77 bits per heavy atom. The summed E-state index contributed by atoms with van der Waals surface area (Å²) >= 11 is 0. The van der Waals surface area contributed by atoms with E-state index in [1.807, 2.05) is 0 Å². The normalized spacial score (nSPS) is 25.3. The SMILES string of the molecule is Cc1ccccc1C(C)CC(=O)N1C2CCNCC1CC2.Cl. The standard InChI is InChI=1S/C18H26N2O.ClH/c1-13-5-3-4-6-17(13)14(2)11-18(21)20-15-7-8-16(20)12-19-10-9-15;/h3-6,14-16,19H,7-12H2,1-2H3;1H. The van der Waals surface area contributed by atoms with Crippen molar-refractivity contribution in [2.45, 2.75) is 57.5 Å². The van der Waals surface area contributed by atoms with Gasteiger partial charge in [-0.15, -0.1) is 12.4 Å². The van der Waals surface area contributed by atoms with Gasteiger partial charge in [0.1, 0.15) is 0 Å². The van der Waals surface area contributed by atoms with Gasteiger partial charge in [-0.3, -0.25) is 4.79 Å². The Balaban J connectivity index is 0.00000176. The molecule has 3 atom stereocenters. The largest absolute Gasteiger partial charge is 0.335 e. The van der Waals surface area contributed by atoms with Gasteiger partial charge in [0.2, 0.25) is 5.91 Å². The number of amides is 1. The third-order valence-corrected chi connectivity index (χ3v) is 5.14. The summed E-state index contributed by atoms with van der Waals surface area (Å²) in [4.78, 5) is 15.0. The van der Waals surface area contributed by atoms with Crippen LogP contribution in [0.2, 0.25) is 0 Å². The minimum Gasteiger partial charge on any atom is -0.335 e. The Bertz CT molecular complexity index is 506. The molecule has 0 saturated carbocycles. The lowest BCUT2D eigenvalue weighted by Gasteiger charge is -2.29. The molecule has 2 aliphatic heterocycles. The number of nitrogens with zero attached hydrogens (tertiary/aromatic N) is 1. The van der Waals surface area contributed by atoms with Gasteiger partial charge in [-0.1, -0.05) is 31.2 Å². The van der Waals surface area contributed by atoms with Crippen molar-refractivity contribution in [2.75, 3.05) is 13.1 Å². The molecule has 2 aliphatic rings. The van der Waals surface area contributed by atoms with Crippen molar-refractivity contribution in [3.8, 4) is 0 Å². The highest BCUT2D eigenvalue weighted by atomic mass is 35.5. The molecule has 3 unspecified atom stereocenters. The maximum Gasteiger partial charge on any atom is 0.223 e. The van der Waals surface area contributed by atoms with Crippen LogP contribution in [0, 0.1) is 6.92 Å². The van der Waals surface area contributed by atoms with Crippen LogP contribution in [-0.2, 0) is 4.79 Å². The van der Waals surface area contributed by atoms with E-state index >= 15 is 0 Å². The number of hydrogen-bond acceptors (Lipinski definition) is 2. The fourth-order valence-electron chi connectivity index (χ4n) is 4.01. The molecule has 0 aliphatic carbocycles. The third kappa shape index (κ3) is 3.47. The Labute approximate surface area is 139 Å². The molecule has 2 bridgehead atoms. The molecule has 122 valence electrons. The van der Waals surface area contributed by atoms with Crippen LogP contribution in [0.4, 0.5) is 0 Å². The summed E-state index contributed by atoms with van der Waals surface area (Å²) in [5.74, 6) is 0.649. The third-order valence-electron chi connectivity index (χ3n) is 5.14. The number of nitrogens with one attached hydrogen (secondary N) is 1. The van der Waals surface area contributed by atoms with Crippen LogP contribution in [0.3, 0.4) is 0 Å². The van der Waals surface area contributed by atoms with Crippen LogP contribution in [-0.4, -0.2) is 36.0 Å². The molecule has 4 heteroatoms. The van der Waals surface area contributed by atoms with E-state index in [0.717, 1.165) is 19.5 Å². The zero-order valence-corrected chi connectivity index (χ0v) is 14.4. The van der Waals surface area contributed by atoms with E-state index in [9.17, 15) is 4.79 Å². The first-order valence-corrected chi connectivity index (χ1v) is 8.24. The van der Waals surface area contributed by atoms with Gasteiger partial charge in [0, 0.05) is 25.0 Å². The van der Waals surface area contributed by atoms with Gasteiger partial charge in [0.25, 0.3) is 0 Å². The van der Waals surface area contributed by atoms with Crippen molar-refractivity contribution in [1.29, 1.82) is 0 Å². The van der Waals surface area contributed by atoms with Gasteiger partial charge in [-0.25, -0.2) is 0 Å². The second-order valence-electron chi connectivity index (χ2n) is 6.64. The second-order valence-corrected chi connectivity index (χ2v) is 6.64. The van der Waals surface area contributed by atoms with E-state index < -0.39 is 0 Å². The summed E-state index contributed by atoms with van der Waals surface area (Å²) in [6.07, 6.45) is 4.11. The lowest BCUT2D eigenvalue weighted by molar-refractivity contribution is -0.134. The van der Waals surface area contributed by atoms with Crippen molar-refractivity contribution in [3.05, 3.63) is 35.4 Å². The lowest BCUT2D eigenvalue weighted by atomic mass is 9.93. The highest BCUT2D eigenvalue weighted by molar-refractivity contribution is 5.85. The van der Waals surface area contributed by atoms with E-state index in [1.54, 1.807) is 0 Å². The predicted molar refractivity (Wildman–Crippen MR) is 92.6 cm³/mol. The van der Waals surface area contributed by atoms with Gasteiger partial charge in [0.05, 0.1) is 0 Å². The molecule has 3 nitrogen and oxygen atoms in total. The number of fused-ring (bicyclic) bond motifs is 2. The van der Waals surface area contributed by atoms with Crippen LogP contribution in [0.5, 0.6) is 0 Å². The molecule has 2 saturated heterocycles. The molecule has 0 aromatic heterocycles. The molecule has 0 spiro atoms. The number of hydrogen-bond donors (Lipinski definition) is 1. The molecule has 2 fully saturated rings. The number of rotatable bonds is 3. The van der Waals surface area contributed by atoms with Gasteiger partial charge < -0.3 is 10.2 Å². The quantitative estimate of drug-likeness (QED) is 0.926. The fourth-order valence-corrected chi connectivity index (χ4v) is 4.01. The molecule has 1 aromatic carbocycles. The highest BCUT2D eigenvalue weighted by Gasteiger charge is 2.38. The van der Waals surface area contributed by atoms with Crippen molar-refractivity contribution in [3.63, 3.8) is 0 Å². The van der Waals surface area contributed by atoms with Gasteiger partial charge >= 0.3 is 0 Å². The topological polar surface area (TPSA) is 32.3 Å². The number of halogens is 1. The zero-order valence-electron chi connectivity index (χ0n) is 13.5. The first kappa shape index (κ1) is 17.3. The molecule has 1 amide bonds. The van der Waals surface area contributed by atoms with Crippen LogP contribution in [0.15, 0.2) is 24.3 Å². The van der Waals surface area contributed by atoms with Gasteiger partial charge in [-0.05, 0) is 49.8 Å². The minimum absolute atomic E-state index is 0. The summed E-state index contributed by atoms with van der Waals surface area (Å²) in [5, 5.41) is 3.46. The van der Waals surface area contributed by atoms with E-state index in [0.29, 0.717) is 30.3 Å². The highest BCUT2D eigenvalue weighted by Crippen LogP contribution is 2.31. The molecule has 22 heavy (non-hydrogen) atoms. The Kier molecular flexibility index (Phi) is 5.87. The van der Waals surface area contributed by atoms with Gasteiger partial charge in [0.15, 0.2) is 0 Å². The maximum atomic E-state index is 12.8. The average Bonchev–Trinajstić information content (AvgIpc) is 2.72. The predicted octanol–water partition coefficient (Wildman–Crippen LogP) is 3.26. The molecular formula is C18H27ClN2O. The molecule has 3 rings (SSSR count). The summed E-state index contributed by atoms with van der Waals surface area (Å²) in [6, 6.07) is 9.33. The average molecular weight is 323 g/mol. The van der Waals surface area contributed by atoms with Crippen molar-refractivity contribution >= 4 is 18.3 Å². The number of carbonyl (C=O) groups excluding carboxylic acids is 1. The molecule has 2 heterocycles. The first-order valence-electron chi connectivity index (χ1n) is 8.24. The smallest absolute Gasteiger partial charge is 0.223 e. The number of aryl methyl sites for hydroxylation is 1. The second kappa shape index (κ2) is 7.47. The minimum atomic E-state index is 0. The Hall–Kier alpha value is -1.06. The Morgan fingerprint density at radius 2 is 2.00 bits per heavy atom. The lowest BCUT2D eigenvalue weighted by Crippen LogP contribution is -2.42. The van der Waals surface area contributed by atoms with Crippen LogP contribution in [0.25, 0.3) is 0 Å². The molecule has 1 aromatic rings. The van der Waals surface area contributed by atoms with Crippen LogP contribution in [0.1, 0.15) is 49.7 Å². The van der Waals surface area contributed by atoms with E-state index in [4.69, 9.17) is 0 Å². The fraction of sp³-hybridized carbons (Fsp3) is 0.611. The van der Waals surface area contributed by atoms with E-state index in [-0.39, 0.29) is 12.4 Å². The first-order chi connectivity index (χ1) is 10.2. The number of carbonyl (C=O) groups is 1. The van der Waals surface area contributed by atoms with Crippen LogP contribution >= 0.6 is 12.4 Å². The molecule has 0 radical (unpaired) electrons. The summed E-state index contributed by atoms with van der Waals surface area (Å²) in [6.45, 7) is 6.34. The summed E-state index contributed by atoms with van der Waals surface area (Å²) in [7, 11) is 0. The summed E-state index contributed by atoms with van der Waals surface area (Å²) in [5.41, 5.74) is 2.60. The van der Waals surface area contributed by atoms with E-state index in [2.05, 4.69) is 48.3 Å². The van der Waals surface area contributed by atoms with Crippen molar-refractivity contribution < 1.29 is 4.79 Å². The zero-order chi connectivity index (χ0) is 14.8. The Morgan fingerprint density at radius 1 is 1.27 bits per heavy atom. The van der Waals surface area contributed by atoms with Crippen molar-refractivity contribution in [2.24, 2.45) is 0 Å². The molecule has 1 N–H and O–H groups in total.